The fraction of sp³-hybridized carbons (Fsp3) is 0.526. The van der Waals surface area contributed by atoms with Crippen LogP contribution in [0.4, 0.5) is 0 Å². The van der Waals surface area contributed by atoms with Crippen LogP contribution in [0.25, 0.3) is 0 Å². The van der Waals surface area contributed by atoms with Crippen LogP contribution in [-0.4, -0.2) is 41.0 Å². The van der Waals surface area contributed by atoms with Crippen LogP contribution in [0.5, 0.6) is 5.75 Å². The van der Waals surface area contributed by atoms with Gasteiger partial charge in [-0.15, -0.1) is 0 Å². The highest BCUT2D eigenvalue weighted by atomic mass is 16.5. The molecule has 3 saturated heterocycles. The van der Waals surface area contributed by atoms with E-state index in [2.05, 4.69) is 5.43 Å². The first kappa shape index (κ1) is 17.0. The van der Waals surface area contributed by atoms with Gasteiger partial charge < -0.3 is 9.47 Å². The highest BCUT2D eigenvalue weighted by Gasteiger charge is 2.63. The Labute approximate surface area is 151 Å². The fourth-order valence-electron chi connectivity index (χ4n) is 4.07. The number of benzene rings is 1. The number of hydrazine groups is 1. The Kier molecular flexibility index (Phi) is 3.99. The summed E-state index contributed by atoms with van der Waals surface area (Å²) in [6, 6.07) is 5.56. The molecule has 7 nitrogen and oxygen atoms in total. The monoisotopic (exact) mass is 358 g/mol. The molecule has 4 rings (SSSR count). The summed E-state index contributed by atoms with van der Waals surface area (Å²) in [6.45, 7) is 5.54. The van der Waals surface area contributed by atoms with Gasteiger partial charge in [0.15, 0.2) is 6.10 Å². The number of carbonyl (C=O) groups excluding carboxylic acids is 3. The molecular formula is C19H22N2O5. The van der Waals surface area contributed by atoms with Crippen LogP contribution in [0, 0.1) is 25.7 Å². The van der Waals surface area contributed by atoms with E-state index in [1.54, 1.807) is 13.0 Å². The Balaban J connectivity index is 1.42. The minimum Gasteiger partial charge on any atom is -0.481 e. The summed E-state index contributed by atoms with van der Waals surface area (Å²) in [5.41, 5.74) is 4.63. The number of hydrogen-bond donors (Lipinski definition) is 1. The quantitative estimate of drug-likeness (QED) is 0.819. The van der Waals surface area contributed by atoms with E-state index in [0.29, 0.717) is 5.75 Å². The van der Waals surface area contributed by atoms with E-state index in [1.807, 2.05) is 26.0 Å². The lowest BCUT2D eigenvalue weighted by atomic mass is 9.81. The SMILES string of the molecule is Cc1ccc(O[C@@H](C)C(=O)NN2C(=O)[C@@H]3[C@@H](C2=O)[C@@H]2CC[C@@H]3O2)cc1C. The summed E-state index contributed by atoms with van der Waals surface area (Å²) in [7, 11) is 0. The molecule has 3 fully saturated rings. The van der Waals surface area contributed by atoms with Gasteiger partial charge in [-0.05, 0) is 56.9 Å². The predicted octanol–water partition coefficient (Wildman–Crippen LogP) is 1.26. The fourth-order valence-corrected chi connectivity index (χ4v) is 4.07. The second-order valence-electron chi connectivity index (χ2n) is 7.34. The average molecular weight is 358 g/mol. The number of fused-ring (bicyclic) bond motifs is 5. The van der Waals surface area contributed by atoms with E-state index in [-0.39, 0.29) is 24.0 Å². The van der Waals surface area contributed by atoms with Crippen LogP contribution in [0.15, 0.2) is 18.2 Å². The zero-order valence-corrected chi connectivity index (χ0v) is 15.0. The first-order valence-corrected chi connectivity index (χ1v) is 8.94. The van der Waals surface area contributed by atoms with Crippen molar-refractivity contribution in [3.8, 4) is 5.75 Å². The first-order valence-electron chi connectivity index (χ1n) is 8.94. The van der Waals surface area contributed by atoms with Gasteiger partial charge in [-0.25, -0.2) is 0 Å². The third kappa shape index (κ3) is 2.58. The summed E-state index contributed by atoms with van der Waals surface area (Å²) in [6.07, 6.45) is 0.337. The molecule has 0 radical (unpaired) electrons. The van der Waals surface area contributed by atoms with E-state index in [0.717, 1.165) is 29.0 Å². The molecule has 3 heterocycles. The molecular weight excluding hydrogens is 336 g/mol. The second-order valence-corrected chi connectivity index (χ2v) is 7.34. The zero-order chi connectivity index (χ0) is 18.6. The highest BCUT2D eigenvalue weighted by molar-refractivity contribution is 6.07. The van der Waals surface area contributed by atoms with Crippen LogP contribution in [0.2, 0.25) is 0 Å². The molecule has 0 spiro atoms. The number of nitrogens with one attached hydrogen (secondary N) is 1. The van der Waals surface area contributed by atoms with Crippen molar-refractivity contribution in [3.63, 3.8) is 0 Å². The number of carbonyl (C=O) groups is 3. The third-order valence-corrected chi connectivity index (χ3v) is 5.67. The minimum atomic E-state index is -0.842. The van der Waals surface area contributed by atoms with Gasteiger partial charge in [0.2, 0.25) is 0 Å². The van der Waals surface area contributed by atoms with E-state index in [4.69, 9.17) is 9.47 Å². The molecule has 1 aromatic rings. The van der Waals surface area contributed by atoms with Crippen LogP contribution in [-0.2, 0) is 19.1 Å². The van der Waals surface area contributed by atoms with Crippen LogP contribution >= 0.6 is 0 Å². The lowest BCUT2D eigenvalue weighted by Crippen LogP contribution is -2.51. The van der Waals surface area contributed by atoms with Gasteiger partial charge in [-0.1, -0.05) is 6.07 Å². The number of nitrogens with zero attached hydrogens (tertiary/aromatic N) is 1. The number of imide groups is 1. The Morgan fingerprint density at radius 3 is 2.35 bits per heavy atom. The molecule has 3 aliphatic heterocycles. The molecule has 3 amide bonds. The van der Waals surface area contributed by atoms with Gasteiger partial charge >= 0.3 is 0 Å². The number of amides is 3. The van der Waals surface area contributed by atoms with E-state index >= 15 is 0 Å². The molecule has 2 bridgehead atoms. The summed E-state index contributed by atoms with van der Waals surface area (Å²) < 4.78 is 11.3. The van der Waals surface area contributed by atoms with Crippen molar-refractivity contribution in [1.29, 1.82) is 0 Å². The van der Waals surface area contributed by atoms with Crippen molar-refractivity contribution in [1.82, 2.24) is 10.4 Å². The van der Waals surface area contributed by atoms with E-state index in [9.17, 15) is 14.4 Å². The molecule has 1 N–H and O–H groups in total. The van der Waals surface area contributed by atoms with Crippen LogP contribution in [0.1, 0.15) is 30.9 Å². The van der Waals surface area contributed by atoms with Crippen molar-refractivity contribution < 1.29 is 23.9 Å². The number of rotatable bonds is 4. The number of aryl methyl sites for hydroxylation is 2. The topological polar surface area (TPSA) is 84.9 Å². The van der Waals surface area contributed by atoms with Crippen molar-refractivity contribution in [2.75, 3.05) is 0 Å². The molecule has 26 heavy (non-hydrogen) atoms. The summed E-state index contributed by atoms with van der Waals surface area (Å²) in [5, 5.41) is 0.867. The van der Waals surface area contributed by atoms with Gasteiger partial charge in [0.1, 0.15) is 5.75 Å². The second kappa shape index (κ2) is 6.09. The van der Waals surface area contributed by atoms with Crippen molar-refractivity contribution in [3.05, 3.63) is 29.3 Å². The molecule has 1 aromatic carbocycles. The first-order chi connectivity index (χ1) is 12.4. The van der Waals surface area contributed by atoms with Gasteiger partial charge in [-0.2, -0.15) is 5.01 Å². The normalized spacial score (nSPS) is 30.5. The van der Waals surface area contributed by atoms with E-state index < -0.39 is 23.8 Å². The van der Waals surface area contributed by atoms with Crippen LogP contribution in [0.3, 0.4) is 0 Å². The lowest BCUT2D eigenvalue weighted by Gasteiger charge is -2.21. The Bertz CT molecular complexity index is 764. The van der Waals surface area contributed by atoms with Gasteiger partial charge in [-0.3, -0.25) is 19.8 Å². The molecule has 0 aromatic heterocycles. The predicted molar refractivity (Wildman–Crippen MR) is 90.9 cm³/mol. The summed E-state index contributed by atoms with van der Waals surface area (Å²) in [5.74, 6) is -1.63. The Morgan fingerprint density at radius 1 is 1.15 bits per heavy atom. The third-order valence-electron chi connectivity index (χ3n) is 5.67. The smallest absolute Gasteiger partial charge is 0.279 e. The largest absolute Gasteiger partial charge is 0.481 e. The van der Waals surface area contributed by atoms with Crippen molar-refractivity contribution >= 4 is 17.7 Å². The van der Waals surface area contributed by atoms with Gasteiger partial charge in [0.05, 0.1) is 24.0 Å². The minimum absolute atomic E-state index is 0.201. The van der Waals surface area contributed by atoms with Gasteiger partial charge in [0, 0.05) is 0 Å². The standard InChI is InChI=1S/C19H22N2O5/c1-9-4-5-12(8-10(9)2)25-11(3)17(22)20-21-18(23)15-13-6-7-14(26-13)16(15)19(21)24/h4-5,8,11,13-16H,6-7H2,1-3H3,(H,20,22)/t11-,13-,14-,15-,16-/m0/s1. The molecule has 0 saturated carbocycles. The number of hydrogen-bond acceptors (Lipinski definition) is 5. The van der Waals surface area contributed by atoms with Gasteiger partial charge in [0.25, 0.3) is 17.7 Å². The summed E-state index contributed by atoms with van der Waals surface area (Å²) >= 11 is 0. The highest BCUT2D eigenvalue weighted by Crippen LogP contribution is 2.48. The van der Waals surface area contributed by atoms with Crippen molar-refractivity contribution in [2.45, 2.75) is 51.9 Å². The molecule has 5 atom stereocenters. The van der Waals surface area contributed by atoms with E-state index in [1.165, 1.54) is 0 Å². The van der Waals surface area contributed by atoms with Crippen LogP contribution < -0.4 is 10.2 Å². The molecule has 3 aliphatic rings. The maximum atomic E-state index is 12.6. The number of ether oxygens (including phenoxy) is 2. The summed E-state index contributed by atoms with van der Waals surface area (Å²) in [4.78, 5) is 37.5. The molecule has 0 unspecified atom stereocenters. The zero-order valence-electron chi connectivity index (χ0n) is 15.0. The average Bonchev–Trinajstić information content (AvgIpc) is 3.28. The van der Waals surface area contributed by atoms with Crippen molar-refractivity contribution in [2.24, 2.45) is 11.8 Å². The molecule has 0 aliphatic carbocycles. The molecule has 138 valence electrons. The Hall–Kier alpha value is -2.41. The lowest BCUT2D eigenvalue weighted by molar-refractivity contribution is -0.153. The maximum absolute atomic E-state index is 12.6. The molecule has 7 heteroatoms. The Morgan fingerprint density at radius 2 is 1.77 bits per heavy atom. The maximum Gasteiger partial charge on any atom is 0.279 e.